The number of hydrogen-bond donors (Lipinski definition) is 3. The Kier molecular flexibility index (Phi) is 11.0. The fourth-order valence-corrected chi connectivity index (χ4v) is 4.12. The highest BCUT2D eigenvalue weighted by molar-refractivity contribution is 5.94. The first-order valence-electron chi connectivity index (χ1n) is 12.9. The van der Waals surface area contributed by atoms with Crippen LogP contribution in [0.3, 0.4) is 0 Å². The maximum Gasteiger partial charge on any atom is 0.338 e. The number of benzene rings is 1. The molecule has 11 nitrogen and oxygen atoms in total. The summed E-state index contributed by atoms with van der Waals surface area (Å²) in [6.07, 6.45) is 3.11. The molecule has 0 saturated carbocycles. The van der Waals surface area contributed by atoms with Crippen molar-refractivity contribution >= 4 is 23.9 Å². The van der Waals surface area contributed by atoms with Crippen LogP contribution in [0.5, 0.6) is 0 Å². The molecule has 1 saturated heterocycles. The molecule has 1 aromatic carbocycles. The molecule has 1 aliphatic carbocycles. The number of rotatable bonds is 12. The van der Waals surface area contributed by atoms with Crippen molar-refractivity contribution < 1.29 is 48.3 Å². The van der Waals surface area contributed by atoms with Gasteiger partial charge in [-0.15, -0.1) is 0 Å². The minimum absolute atomic E-state index is 0.00193. The van der Waals surface area contributed by atoms with Crippen molar-refractivity contribution in [3.05, 3.63) is 53.3 Å². The van der Waals surface area contributed by atoms with Crippen LogP contribution in [0.15, 0.2) is 42.2 Å². The molecule has 1 amide bonds. The molecular formula is C28H37NO10. The first-order chi connectivity index (χ1) is 18.6. The van der Waals surface area contributed by atoms with E-state index in [9.17, 15) is 19.5 Å². The molecule has 39 heavy (non-hydrogen) atoms. The predicted molar refractivity (Wildman–Crippen MR) is 139 cm³/mol. The lowest BCUT2D eigenvalue weighted by Gasteiger charge is -2.30. The average Bonchev–Trinajstić information content (AvgIpc) is 3.37. The monoisotopic (exact) mass is 547 g/mol. The number of amides is 1. The number of hydrogen-bond acceptors (Lipinski definition) is 10. The maximum absolute atomic E-state index is 13.0. The molecule has 11 heteroatoms. The number of aliphatic hydroxyl groups excluding tert-OH is 2. The highest BCUT2D eigenvalue weighted by Gasteiger charge is 2.42. The van der Waals surface area contributed by atoms with Gasteiger partial charge in [-0.25, -0.2) is 4.79 Å². The largest absolute Gasteiger partial charge is 0.499 e. The van der Waals surface area contributed by atoms with E-state index in [-0.39, 0.29) is 45.9 Å². The standard InChI is InChI=1S/C28H37NO10/c1-28(2,3)39-24(32)8-7-21(16-31)29-26(33)20-14-22-25(37-17-36-22)23(15-20)38-27(34)19-6-4-5-18(13-19)9-11-35-12-10-30/h4-6,9,11,13-14,21-23,25,30-31H,7-8,10,12,15-17H2,1-3H3,(H,29,33)/t21-,22+,23+,25+/m0/s1. The second-order valence-corrected chi connectivity index (χ2v) is 10.2. The fraction of sp³-hybridized carbons (Fsp3) is 0.536. The van der Waals surface area contributed by atoms with E-state index in [0.29, 0.717) is 16.7 Å². The Bertz CT molecular complexity index is 1060. The van der Waals surface area contributed by atoms with Gasteiger partial charge in [0.1, 0.15) is 37.3 Å². The van der Waals surface area contributed by atoms with Crippen molar-refractivity contribution in [2.75, 3.05) is 26.6 Å². The van der Waals surface area contributed by atoms with E-state index >= 15 is 0 Å². The van der Waals surface area contributed by atoms with Crippen molar-refractivity contribution in [1.29, 1.82) is 0 Å². The van der Waals surface area contributed by atoms with Gasteiger partial charge < -0.3 is 39.2 Å². The Balaban J connectivity index is 1.62. The topological polar surface area (TPSA) is 150 Å². The molecular weight excluding hydrogens is 510 g/mol. The van der Waals surface area contributed by atoms with Crippen LogP contribution < -0.4 is 5.32 Å². The zero-order valence-corrected chi connectivity index (χ0v) is 22.5. The van der Waals surface area contributed by atoms with Crippen LogP contribution >= 0.6 is 0 Å². The molecule has 1 heterocycles. The summed E-state index contributed by atoms with van der Waals surface area (Å²) >= 11 is 0. The van der Waals surface area contributed by atoms with Gasteiger partial charge in [-0.05, 0) is 57.0 Å². The van der Waals surface area contributed by atoms with E-state index in [2.05, 4.69) is 5.32 Å². The van der Waals surface area contributed by atoms with Gasteiger partial charge in [-0.3, -0.25) is 9.59 Å². The van der Waals surface area contributed by atoms with E-state index in [1.54, 1.807) is 57.2 Å². The van der Waals surface area contributed by atoms with Crippen LogP contribution in [-0.4, -0.2) is 84.6 Å². The lowest BCUT2D eigenvalue weighted by molar-refractivity contribution is -0.155. The third-order valence-electron chi connectivity index (χ3n) is 5.91. The number of ether oxygens (including phenoxy) is 5. The van der Waals surface area contributed by atoms with Gasteiger partial charge in [0.2, 0.25) is 5.91 Å². The zero-order valence-electron chi connectivity index (χ0n) is 22.5. The highest BCUT2D eigenvalue weighted by atomic mass is 16.7. The molecule has 3 rings (SSSR count). The SMILES string of the molecule is CC(C)(C)OC(=O)CC[C@@H](CO)NC(=O)C1=C[C@H]2OCO[C@H]2[C@H](OC(=O)c2cccc(C=COCCO)c2)C1. The number of carbonyl (C=O) groups is 3. The Morgan fingerprint density at radius 3 is 2.72 bits per heavy atom. The summed E-state index contributed by atoms with van der Waals surface area (Å²) < 4.78 is 27.4. The highest BCUT2D eigenvalue weighted by Crippen LogP contribution is 2.31. The second-order valence-electron chi connectivity index (χ2n) is 10.2. The third-order valence-corrected chi connectivity index (χ3v) is 5.91. The second kappa shape index (κ2) is 14.2. The van der Waals surface area contributed by atoms with Gasteiger partial charge in [0, 0.05) is 18.4 Å². The number of esters is 2. The minimum Gasteiger partial charge on any atom is -0.499 e. The van der Waals surface area contributed by atoms with Crippen LogP contribution in [-0.2, 0) is 33.3 Å². The number of aliphatic hydroxyl groups is 2. The van der Waals surface area contributed by atoms with Crippen LogP contribution in [0.2, 0.25) is 0 Å². The van der Waals surface area contributed by atoms with Crippen molar-refractivity contribution in [3.8, 4) is 0 Å². The van der Waals surface area contributed by atoms with Gasteiger partial charge in [-0.1, -0.05) is 12.1 Å². The molecule has 0 spiro atoms. The Morgan fingerprint density at radius 2 is 2.00 bits per heavy atom. The summed E-state index contributed by atoms with van der Waals surface area (Å²) in [6, 6.07) is 6.06. The Hall–Kier alpha value is -3.25. The summed E-state index contributed by atoms with van der Waals surface area (Å²) in [6.45, 7) is 4.99. The Morgan fingerprint density at radius 1 is 1.21 bits per heavy atom. The molecule has 1 aliphatic heterocycles. The average molecular weight is 548 g/mol. The zero-order chi connectivity index (χ0) is 28.4. The van der Waals surface area contributed by atoms with Crippen LogP contribution in [0, 0.1) is 0 Å². The first-order valence-corrected chi connectivity index (χ1v) is 12.9. The molecule has 3 N–H and O–H groups in total. The lowest BCUT2D eigenvalue weighted by Crippen LogP contribution is -2.45. The molecule has 1 fully saturated rings. The molecule has 0 radical (unpaired) electrons. The normalized spacial score (nSPS) is 21.6. The molecule has 4 atom stereocenters. The van der Waals surface area contributed by atoms with Crippen LogP contribution in [0.1, 0.15) is 56.0 Å². The summed E-state index contributed by atoms with van der Waals surface area (Å²) in [5.74, 6) is -1.47. The summed E-state index contributed by atoms with van der Waals surface area (Å²) in [4.78, 5) is 38.0. The van der Waals surface area contributed by atoms with Gasteiger partial charge in [0.05, 0.1) is 31.1 Å². The molecule has 214 valence electrons. The summed E-state index contributed by atoms with van der Waals surface area (Å²) in [5, 5.41) is 21.3. The third kappa shape index (κ3) is 9.47. The summed E-state index contributed by atoms with van der Waals surface area (Å²) in [7, 11) is 0. The van der Waals surface area contributed by atoms with Crippen LogP contribution in [0.25, 0.3) is 6.08 Å². The minimum atomic E-state index is -0.780. The van der Waals surface area contributed by atoms with Crippen molar-refractivity contribution in [3.63, 3.8) is 0 Å². The molecule has 1 aromatic rings. The predicted octanol–water partition coefficient (Wildman–Crippen LogP) is 1.86. The van der Waals surface area contributed by atoms with E-state index in [1.165, 1.54) is 6.26 Å². The van der Waals surface area contributed by atoms with Gasteiger partial charge >= 0.3 is 11.9 Å². The van der Waals surface area contributed by atoms with E-state index < -0.39 is 47.8 Å². The van der Waals surface area contributed by atoms with Crippen LogP contribution in [0.4, 0.5) is 0 Å². The maximum atomic E-state index is 13.0. The number of fused-ring (bicyclic) bond motifs is 1. The van der Waals surface area contributed by atoms with E-state index in [4.69, 9.17) is 28.8 Å². The smallest absolute Gasteiger partial charge is 0.338 e. The van der Waals surface area contributed by atoms with Gasteiger partial charge in [0.15, 0.2) is 0 Å². The fourth-order valence-electron chi connectivity index (χ4n) is 4.12. The van der Waals surface area contributed by atoms with Gasteiger partial charge in [0.25, 0.3) is 0 Å². The molecule has 0 bridgehead atoms. The van der Waals surface area contributed by atoms with E-state index in [1.807, 2.05) is 0 Å². The molecule has 2 aliphatic rings. The number of nitrogens with one attached hydrogen (secondary N) is 1. The Labute approximate surface area is 227 Å². The van der Waals surface area contributed by atoms with Crippen molar-refractivity contribution in [1.82, 2.24) is 5.32 Å². The lowest BCUT2D eigenvalue weighted by atomic mass is 9.91. The van der Waals surface area contributed by atoms with Crippen molar-refractivity contribution in [2.45, 2.75) is 70.0 Å². The first kappa shape index (κ1) is 30.3. The quantitative estimate of drug-likeness (QED) is 0.201. The molecule has 0 aromatic heterocycles. The number of carbonyl (C=O) groups excluding carboxylic acids is 3. The molecule has 0 unspecified atom stereocenters. The van der Waals surface area contributed by atoms with Gasteiger partial charge in [-0.2, -0.15) is 0 Å². The van der Waals surface area contributed by atoms with Crippen molar-refractivity contribution in [2.24, 2.45) is 0 Å². The summed E-state index contributed by atoms with van der Waals surface area (Å²) in [5.41, 5.74) is 0.706. The van der Waals surface area contributed by atoms with E-state index in [0.717, 1.165) is 0 Å².